The van der Waals surface area contributed by atoms with Crippen molar-refractivity contribution in [3.05, 3.63) is 29.8 Å². The van der Waals surface area contributed by atoms with Crippen LogP contribution in [0, 0.1) is 0 Å². The van der Waals surface area contributed by atoms with Crippen LogP contribution in [0.15, 0.2) is 24.3 Å². The van der Waals surface area contributed by atoms with E-state index in [9.17, 15) is 8.42 Å². The van der Waals surface area contributed by atoms with E-state index in [1.54, 1.807) is 6.92 Å². The number of nitrogens with one attached hydrogen (secondary N) is 2. The van der Waals surface area contributed by atoms with Gasteiger partial charge in [-0.25, -0.2) is 8.42 Å². The lowest BCUT2D eigenvalue weighted by Gasteiger charge is -2.24. The number of sulfonamides is 1. The molecule has 0 aliphatic heterocycles. The Kier molecular flexibility index (Phi) is 5.59. The maximum Gasteiger partial charge on any atom is 0.236 e. The van der Waals surface area contributed by atoms with Crippen LogP contribution in [-0.2, 0) is 15.4 Å². The molecule has 0 saturated carbocycles. The average molecular weight is 298 g/mol. The molecule has 1 unspecified atom stereocenters. The molecule has 2 N–H and O–H groups in total. The van der Waals surface area contributed by atoms with Gasteiger partial charge in [0.15, 0.2) is 0 Å². The highest BCUT2D eigenvalue weighted by atomic mass is 32.2. The summed E-state index contributed by atoms with van der Waals surface area (Å²) in [6.45, 7) is 11.1. The Balaban J connectivity index is 2.99. The highest BCUT2D eigenvalue weighted by molar-refractivity contribution is 7.93. The zero-order valence-electron chi connectivity index (χ0n) is 13.0. The highest BCUT2D eigenvalue weighted by Gasteiger charge is 2.24. The summed E-state index contributed by atoms with van der Waals surface area (Å²) in [5, 5.41) is 2.59. The van der Waals surface area contributed by atoms with E-state index < -0.39 is 15.3 Å². The molecule has 0 radical (unpaired) electrons. The van der Waals surface area contributed by atoms with Crippen LogP contribution >= 0.6 is 0 Å². The first-order chi connectivity index (χ1) is 9.18. The van der Waals surface area contributed by atoms with Gasteiger partial charge < -0.3 is 5.32 Å². The number of hydrogen-bond donors (Lipinski definition) is 2. The third kappa shape index (κ3) is 4.49. The molecule has 4 nitrogen and oxygen atoms in total. The van der Waals surface area contributed by atoms with Gasteiger partial charge in [-0.05, 0) is 30.5 Å². The van der Waals surface area contributed by atoms with Crippen LogP contribution in [0.2, 0.25) is 0 Å². The van der Waals surface area contributed by atoms with E-state index in [2.05, 4.69) is 30.8 Å². The van der Waals surface area contributed by atoms with Crippen LogP contribution in [0.3, 0.4) is 0 Å². The van der Waals surface area contributed by atoms with E-state index in [0.717, 1.165) is 12.1 Å². The van der Waals surface area contributed by atoms with Crippen molar-refractivity contribution in [1.29, 1.82) is 0 Å². The van der Waals surface area contributed by atoms with Gasteiger partial charge in [0.25, 0.3) is 0 Å². The van der Waals surface area contributed by atoms with Gasteiger partial charge in [0.1, 0.15) is 0 Å². The predicted molar refractivity (Wildman–Crippen MR) is 85.7 cm³/mol. The second-order valence-electron chi connectivity index (χ2n) is 6.06. The molecule has 1 aromatic rings. The monoisotopic (exact) mass is 298 g/mol. The summed E-state index contributed by atoms with van der Waals surface area (Å²) in [6, 6.07) is 7.56. The molecule has 1 aromatic carbocycles. The summed E-state index contributed by atoms with van der Waals surface area (Å²) in [5.74, 6) is 0. The van der Waals surface area contributed by atoms with Gasteiger partial charge in [-0.2, -0.15) is 0 Å². The lowest BCUT2D eigenvalue weighted by Crippen LogP contribution is -2.35. The molecule has 0 saturated heterocycles. The van der Waals surface area contributed by atoms with Crippen molar-refractivity contribution in [3.63, 3.8) is 0 Å². The zero-order chi connectivity index (χ0) is 15.4. The maximum atomic E-state index is 12.3. The highest BCUT2D eigenvalue weighted by Crippen LogP contribution is 2.30. The van der Waals surface area contributed by atoms with E-state index in [0.29, 0.717) is 12.2 Å². The summed E-state index contributed by atoms with van der Waals surface area (Å²) in [5.41, 5.74) is 1.56. The minimum Gasteiger partial charge on any atom is -0.316 e. The molecule has 0 spiro atoms. The van der Waals surface area contributed by atoms with E-state index in [1.807, 2.05) is 31.2 Å². The third-order valence-corrected chi connectivity index (χ3v) is 4.93. The molecule has 114 valence electrons. The quantitative estimate of drug-likeness (QED) is 0.849. The van der Waals surface area contributed by atoms with Crippen molar-refractivity contribution in [1.82, 2.24) is 5.32 Å². The molecule has 0 bridgehead atoms. The molecule has 0 aliphatic rings. The Morgan fingerprint density at radius 1 is 1.20 bits per heavy atom. The van der Waals surface area contributed by atoms with Gasteiger partial charge in [0, 0.05) is 6.54 Å². The van der Waals surface area contributed by atoms with Crippen molar-refractivity contribution >= 4 is 15.7 Å². The van der Waals surface area contributed by atoms with E-state index in [-0.39, 0.29) is 5.41 Å². The van der Waals surface area contributed by atoms with Crippen molar-refractivity contribution in [3.8, 4) is 0 Å². The standard InChI is InChI=1S/C15H26N2O2S/c1-6-16-11-12(2)20(18,19)17-14-10-8-7-9-13(14)15(3,4)5/h7-10,12,16-17H,6,11H2,1-5H3. The largest absolute Gasteiger partial charge is 0.316 e. The topological polar surface area (TPSA) is 58.2 Å². The van der Waals surface area contributed by atoms with Crippen LogP contribution < -0.4 is 10.0 Å². The molecular weight excluding hydrogens is 272 g/mol. The Bertz CT molecular complexity index is 533. The zero-order valence-corrected chi connectivity index (χ0v) is 13.8. The molecule has 0 aromatic heterocycles. The first-order valence-corrected chi connectivity index (χ1v) is 8.55. The van der Waals surface area contributed by atoms with Gasteiger partial charge in [0.05, 0.1) is 10.9 Å². The van der Waals surface area contributed by atoms with E-state index >= 15 is 0 Å². The second-order valence-corrected chi connectivity index (χ2v) is 8.16. The molecular formula is C15H26N2O2S. The van der Waals surface area contributed by atoms with Crippen LogP contribution in [-0.4, -0.2) is 26.8 Å². The van der Waals surface area contributed by atoms with Gasteiger partial charge in [-0.15, -0.1) is 0 Å². The van der Waals surface area contributed by atoms with Crippen molar-refractivity contribution in [2.75, 3.05) is 17.8 Å². The van der Waals surface area contributed by atoms with Crippen LogP contribution in [0.4, 0.5) is 5.69 Å². The molecule has 1 atom stereocenters. The Hall–Kier alpha value is -1.07. The van der Waals surface area contributed by atoms with E-state index in [1.165, 1.54) is 0 Å². The minimum absolute atomic E-state index is 0.107. The number of para-hydroxylation sites is 1. The van der Waals surface area contributed by atoms with Crippen molar-refractivity contribution < 1.29 is 8.42 Å². The van der Waals surface area contributed by atoms with E-state index in [4.69, 9.17) is 0 Å². The molecule has 1 rings (SSSR count). The molecule has 20 heavy (non-hydrogen) atoms. The Morgan fingerprint density at radius 2 is 1.80 bits per heavy atom. The third-order valence-electron chi connectivity index (χ3n) is 3.20. The molecule has 0 fully saturated rings. The fraction of sp³-hybridized carbons (Fsp3) is 0.600. The molecule has 5 heteroatoms. The lowest BCUT2D eigenvalue weighted by molar-refractivity contribution is 0.577. The number of anilines is 1. The first-order valence-electron chi connectivity index (χ1n) is 7.00. The maximum absolute atomic E-state index is 12.3. The number of hydrogen-bond acceptors (Lipinski definition) is 3. The summed E-state index contributed by atoms with van der Waals surface area (Å²) in [7, 11) is -3.38. The van der Waals surface area contributed by atoms with Crippen molar-refractivity contribution in [2.24, 2.45) is 0 Å². The van der Waals surface area contributed by atoms with Gasteiger partial charge in [0.2, 0.25) is 10.0 Å². The molecule has 0 amide bonds. The SMILES string of the molecule is CCNCC(C)S(=O)(=O)Nc1ccccc1C(C)(C)C. The van der Waals surface area contributed by atoms with Crippen LogP contribution in [0.25, 0.3) is 0 Å². The normalized spacial score (nSPS) is 14.1. The molecule has 0 aliphatic carbocycles. The second kappa shape index (κ2) is 6.59. The average Bonchev–Trinajstić information content (AvgIpc) is 2.34. The predicted octanol–water partition coefficient (Wildman–Crippen LogP) is 2.72. The van der Waals surface area contributed by atoms with Crippen LogP contribution in [0.5, 0.6) is 0 Å². The summed E-state index contributed by atoms with van der Waals surface area (Å²) >= 11 is 0. The van der Waals surface area contributed by atoms with Gasteiger partial charge in [-0.3, -0.25) is 4.72 Å². The minimum atomic E-state index is -3.38. The lowest BCUT2D eigenvalue weighted by atomic mass is 9.86. The fourth-order valence-corrected chi connectivity index (χ4v) is 2.96. The van der Waals surface area contributed by atoms with Gasteiger partial charge in [-0.1, -0.05) is 45.9 Å². The van der Waals surface area contributed by atoms with Crippen LogP contribution in [0.1, 0.15) is 40.2 Å². The van der Waals surface area contributed by atoms with Crippen molar-refractivity contribution in [2.45, 2.75) is 45.3 Å². The van der Waals surface area contributed by atoms with Gasteiger partial charge >= 0.3 is 0 Å². The number of rotatable bonds is 6. The first kappa shape index (κ1) is 17.0. The smallest absolute Gasteiger partial charge is 0.236 e. The summed E-state index contributed by atoms with van der Waals surface area (Å²) in [4.78, 5) is 0. The number of benzene rings is 1. The molecule has 0 heterocycles. The summed E-state index contributed by atoms with van der Waals surface area (Å²) in [6.07, 6.45) is 0. The fourth-order valence-electron chi connectivity index (χ4n) is 1.94. The summed E-state index contributed by atoms with van der Waals surface area (Å²) < 4.78 is 27.4. The Labute approximate surface area is 123 Å². The Morgan fingerprint density at radius 3 is 2.35 bits per heavy atom.